The molecular formula is C22H25ClN6O4. The molecule has 11 heteroatoms. The Morgan fingerprint density at radius 2 is 2.12 bits per heavy atom. The Balaban J connectivity index is 1.70. The number of benzene rings is 1. The largest absolute Gasteiger partial charge is 0.394 e. The van der Waals surface area contributed by atoms with Crippen LogP contribution < -0.4 is 16.4 Å². The highest BCUT2D eigenvalue weighted by atomic mass is 35.5. The number of hydrogen-bond acceptors (Lipinski definition) is 7. The topological polar surface area (TPSA) is 148 Å². The third-order valence-corrected chi connectivity index (χ3v) is 5.15. The Labute approximate surface area is 195 Å². The number of aromatic nitrogens is 2. The van der Waals surface area contributed by atoms with Gasteiger partial charge in [0.2, 0.25) is 5.82 Å². The minimum Gasteiger partial charge on any atom is -0.394 e. The van der Waals surface area contributed by atoms with Crippen LogP contribution in [0.3, 0.4) is 0 Å². The zero-order valence-electron chi connectivity index (χ0n) is 18.0. The van der Waals surface area contributed by atoms with E-state index in [0.29, 0.717) is 35.9 Å². The van der Waals surface area contributed by atoms with E-state index in [0.717, 1.165) is 11.1 Å². The summed E-state index contributed by atoms with van der Waals surface area (Å²) >= 11 is 6.14. The lowest BCUT2D eigenvalue weighted by Gasteiger charge is -2.11. The second kappa shape index (κ2) is 10.8. The van der Waals surface area contributed by atoms with E-state index in [1.807, 2.05) is 22.9 Å². The first-order chi connectivity index (χ1) is 15.8. The lowest BCUT2D eigenvalue weighted by molar-refractivity contribution is -0.384. The van der Waals surface area contributed by atoms with E-state index < -0.39 is 4.92 Å². The first kappa shape index (κ1) is 24.0. The molecule has 0 saturated carbocycles. The minimum atomic E-state index is -0.579. The highest BCUT2D eigenvalue weighted by Gasteiger charge is 2.18. The van der Waals surface area contributed by atoms with Gasteiger partial charge < -0.3 is 26.0 Å². The number of nitrogen functional groups attached to an aromatic ring is 1. The Morgan fingerprint density at radius 1 is 1.33 bits per heavy atom. The molecule has 1 atom stereocenters. The molecule has 1 aromatic carbocycles. The molecule has 3 rings (SSSR count). The van der Waals surface area contributed by atoms with Crippen molar-refractivity contribution >= 4 is 34.8 Å². The third kappa shape index (κ3) is 6.21. The van der Waals surface area contributed by atoms with Crippen LogP contribution in [0.15, 0.2) is 48.8 Å². The first-order valence-corrected chi connectivity index (χ1v) is 10.7. The highest BCUT2D eigenvalue weighted by molar-refractivity contribution is 6.30. The molecule has 0 fully saturated rings. The summed E-state index contributed by atoms with van der Waals surface area (Å²) in [6.45, 7) is 2.70. The third-order valence-electron chi connectivity index (χ3n) is 4.91. The molecule has 0 bridgehead atoms. The van der Waals surface area contributed by atoms with Crippen molar-refractivity contribution in [3.63, 3.8) is 0 Å². The van der Waals surface area contributed by atoms with Gasteiger partial charge in [-0.25, -0.2) is 4.98 Å². The second-order valence-corrected chi connectivity index (χ2v) is 7.97. The summed E-state index contributed by atoms with van der Waals surface area (Å²) in [4.78, 5) is 27.0. The van der Waals surface area contributed by atoms with Crippen LogP contribution in [0.5, 0.6) is 0 Å². The maximum atomic E-state index is 12.8. The molecule has 0 aliphatic carbocycles. The zero-order chi connectivity index (χ0) is 24.0. The number of rotatable bonds is 10. The number of aryl methyl sites for hydroxylation is 1. The average Bonchev–Trinajstić information content (AvgIpc) is 3.21. The van der Waals surface area contributed by atoms with Gasteiger partial charge in [-0.2, -0.15) is 0 Å². The Kier molecular flexibility index (Phi) is 7.86. The minimum absolute atomic E-state index is 0.144. The Morgan fingerprint density at radius 3 is 2.79 bits per heavy atom. The molecule has 0 saturated heterocycles. The van der Waals surface area contributed by atoms with E-state index in [1.165, 1.54) is 12.1 Å². The van der Waals surface area contributed by atoms with Gasteiger partial charge >= 0.3 is 5.69 Å². The van der Waals surface area contributed by atoms with Crippen LogP contribution in [0.2, 0.25) is 5.02 Å². The van der Waals surface area contributed by atoms with Crippen LogP contribution in [0.1, 0.15) is 23.7 Å². The van der Waals surface area contributed by atoms with Crippen molar-refractivity contribution in [3.8, 4) is 11.1 Å². The van der Waals surface area contributed by atoms with Gasteiger partial charge in [0.15, 0.2) is 0 Å². The molecule has 10 nitrogen and oxygen atoms in total. The van der Waals surface area contributed by atoms with Crippen LogP contribution in [0.4, 0.5) is 17.3 Å². The number of nitrogens with two attached hydrogens (primary N) is 1. The van der Waals surface area contributed by atoms with E-state index in [2.05, 4.69) is 15.6 Å². The molecule has 0 spiro atoms. The number of nitrogens with zero attached hydrogens (tertiary/aromatic N) is 3. The van der Waals surface area contributed by atoms with E-state index in [-0.39, 0.29) is 30.1 Å². The molecular weight excluding hydrogens is 448 g/mol. The number of hydrogen-bond donors (Lipinski definition) is 4. The van der Waals surface area contributed by atoms with Gasteiger partial charge in [-0.3, -0.25) is 14.9 Å². The van der Waals surface area contributed by atoms with Gasteiger partial charge in [0.25, 0.3) is 5.91 Å². The lowest BCUT2D eigenvalue weighted by atomic mass is 10.0. The van der Waals surface area contributed by atoms with Gasteiger partial charge in [-0.1, -0.05) is 23.7 Å². The second-order valence-electron chi connectivity index (χ2n) is 7.53. The summed E-state index contributed by atoms with van der Waals surface area (Å²) in [6.07, 6.45) is 4.33. The SMILES string of the molecule is C[C@@H](CO)NC(=O)c1cn(CCCNc2ccc([N+](=O)[O-])c(N)n2)cc1-c1cccc(Cl)c1. The molecule has 5 N–H and O–H groups in total. The Hall–Kier alpha value is -3.63. The van der Waals surface area contributed by atoms with E-state index in [1.54, 1.807) is 25.3 Å². The normalized spacial score (nSPS) is 11.7. The van der Waals surface area contributed by atoms with Crippen LogP contribution in [0, 0.1) is 10.1 Å². The van der Waals surface area contributed by atoms with Crippen LogP contribution in [0.25, 0.3) is 11.1 Å². The standard InChI is InChI=1S/C22H25ClN6O4/c1-14(13-30)26-22(31)18-12-28(11-17(18)15-4-2-5-16(23)10-15)9-3-8-25-20-7-6-19(29(32)33)21(24)27-20/h2,4-7,10-12,14,30H,3,8-9,13H2,1H3,(H,26,31)(H3,24,25,27)/t14-/m0/s1. The molecule has 0 radical (unpaired) electrons. The van der Waals surface area contributed by atoms with Crippen LogP contribution in [-0.2, 0) is 6.54 Å². The number of carbonyl (C=O) groups is 1. The number of amides is 1. The summed E-state index contributed by atoms with van der Waals surface area (Å²) in [5, 5.41) is 26.5. The number of aliphatic hydroxyl groups is 1. The number of carbonyl (C=O) groups excluding carboxylic acids is 1. The summed E-state index contributed by atoms with van der Waals surface area (Å²) in [6, 6.07) is 9.70. The molecule has 3 aromatic rings. The summed E-state index contributed by atoms with van der Waals surface area (Å²) in [7, 11) is 0. The quantitative estimate of drug-likeness (QED) is 0.201. The zero-order valence-corrected chi connectivity index (χ0v) is 18.7. The maximum absolute atomic E-state index is 12.8. The molecule has 0 aliphatic rings. The fraction of sp³-hybridized carbons (Fsp3) is 0.273. The first-order valence-electron chi connectivity index (χ1n) is 10.3. The predicted molar refractivity (Wildman–Crippen MR) is 127 cm³/mol. The molecule has 0 aliphatic heterocycles. The van der Waals surface area contributed by atoms with E-state index in [4.69, 9.17) is 17.3 Å². The number of nitro groups is 1. The van der Waals surface area contributed by atoms with Crippen molar-refractivity contribution in [2.45, 2.75) is 25.9 Å². The molecule has 0 unspecified atom stereocenters. The van der Waals surface area contributed by atoms with Gasteiger partial charge in [0.05, 0.1) is 17.1 Å². The van der Waals surface area contributed by atoms with Crippen LogP contribution >= 0.6 is 11.6 Å². The van der Waals surface area contributed by atoms with Crippen molar-refractivity contribution in [1.29, 1.82) is 0 Å². The monoisotopic (exact) mass is 472 g/mol. The van der Waals surface area contributed by atoms with E-state index in [9.17, 15) is 20.0 Å². The number of aliphatic hydroxyl groups excluding tert-OH is 1. The van der Waals surface area contributed by atoms with E-state index >= 15 is 0 Å². The molecule has 1 amide bonds. The van der Waals surface area contributed by atoms with Crippen molar-refractivity contribution < 1.29 is 14.8 Å². The summed E-state index contributed by atoms with van der Waals surface area (Å²) in [5.74, 6) is 0.0200. The smallest absolute Gasteiger partial charge is 0.311 e. The predicted octanol–water partition coefficient (Wildman–Crippen LogP) is 3.31. The van der Waals surface area contributed by atoms with Crippen molar-refractivity contribution in [2.75, 3.05) is 24.2 Å². The summed E-state index contributed by atoms with van der Waals surface area (Å²) in [5.41, 5.74) is 7.41. The average molecular weight is 473 g/mol. The molecule has 174 valence electrons. The highest BCUT2D eigenvalue weighted by Crippen LogP contribution is 2.27. The van der Waals surface area contributed by atoms with Gasteiger partial charge in [0.1, 0.15) is 5.82 Å². The molecule has 2 aromatic heterocycles. The summed E-state index contributed by atoms with van der Waals surface area (Å²) < 4.78 is 1.91. The van der Waals surface area contributed by atoms with Gasteiger partial charge in [0, 0.05) is 48.2 Å². The number of pyridine rings is 1. The van der Waals surface area contributed by atoms with Gasteiger partial charge in [-0.15, -0.1) is 0 Å². The van der Waals surface area contributed by atoms with Crippen molar-refractivity contribution in [1.82, 2.24) is 14.9 Å². The lowest BCUT2D eigenvalue weighted by Crippen LogP contribution is -2.35. The van der Waals surface area contributed by atoms with Gasteiger partial charge in [-0.05, 0) is 37.1 Å². The van der Waals surface area contributed by atoms with Crippen molar-refractivity contribution in [2.24, 2.45) is 0 Å². The fourth-order valence-corrected chi connectivity index (χ4v) is 3.44. The number of anilines is 2. The van der Waals surface area contributed by atoms with Crippen molar-refractivity contribution in [3.05, 3.63) is 69.5 Å². The number of halogens is 1. The Bertz CT molecular complexity index is 1150. The molecule has 33 heavy (non-hydrogen) atoms. The maximum Gasteiger partial charge on any atom is 0.311 e. The van der Waals surface area contributed by atoms with Crippen LogP contribution in [-0.4, -0.2) is 44.7 Å². The number of nitrogens with one attached hydrogen (secondary N) is 2. The fourth-order valence-electron chi connectivity index (χ4n) is 3.25. The molecule has 2 heterocycles.